The monoisotopic (exact) mass is 295 g/mol. The quantitative estimate of drug-likeness (QED) is 0.906. The zero-order valence-electron chi connectivity index (χ0n) is 11.0. The molecule has 0 unspecified atom stereocenters. The fourth-order valence-corrected chi connectivity index (χ4v) is 4.04. The molecule has 1 saturated carbocycles. The maximum absolute atomic E-state index is 6.33. The van der Waals surface area contributed by atoms with Crippen LogP contribution in [0.3, 0.4) is 0 Å². The molecule has 0 atom stereocenters. The van der Waals surface area contributed by atoms with E-state index in [0.717, 1.165) is 34.1 Å². The number of para-hydroxylation sites is 1. The number of thioether (sulfide) groups is 1. The summed E-state index contributed by atoms with van der Waals surface area (Å²) >= 11 is 8.30. The first-order valence-corrected chi connectivity index (χ1v) is 8.32. The zero-order valence-corrected chi connectivity index (χ0v) is 12.5. The van der Waals surface area contributed by atoms with Crippen LogP contribution >= 0.6 is 23.4 Å². The minimum Gasteiger partial charge on any atom is -0.369 e. The summed E-state index contributed by atoms with van der Waals surface area (Å²) in [6, 6.07) is 6.25. The molecule has 2 N–H and O–H groups in total. The van der Waals surface area contributed by atoms with Gasteiger partial charge < -0.3 is 10.3 Å². The number of rotatable bonds is 2. The minimum absolute atomic E-state index is 0.438. The van der Waals surface area contributed by atoms with Gasteiger partial charge in [-0.3, -0.25) is 0 Å². The zero-order chi connectivity index (χ0) is 13.4. The van der Waals surface area contributed by atoms with Crippen LogP contribution in [0.2, 0.25) is 5.02 Å². The molecule has 0 saturated heterocycles. The highest BCUT2D eigenvalue weighted by molar-refractivity contribution is 7.99. The molecule has 1 aromatic heterocycles. The lowest BCUT2D eigenvalue weighted by molar-refractivity contribution is 0.370. The van der Waals surface area contributed by atoms with Crippen LogP contribution in [-0.4, -0.2) is 21.1 Å². The van der Waals surface area contributed by atoms with E-state index in [9.17, 15) is 0 Å². The van der Waals surface area contributed by atoms with Crippen molar-refractivity contribution in [2.75, 3.05) is 12.0 Å². The highest BCUT2D eigenvalue weighted by Crippen LogP contribution is 2.38. The molecule has 0 spiro atoms. The number of nitrogen functional groups attached to an aromatic ring is 1. The fourth-order valence-electron chi connectivity index (χ4n) is 3.03. The Kier molecular flexibility index (Phi) is 3.63. The van der Waals surface area contributed by atoms with E-state index < -0.39 is 0 Å². The maximum atomic E-state index is 6.33. The molecular formula is C14H18ClN3S. The summed E-state index contributed by atoms with van der Waals surface area (Å²) in [7, 11) is 0. The number of hydrogen-bond donors (Lipinski definition) is 1. The minimum atomic E-state index is 0.438. The molecule has 3 rings (SSSR count). The van der Waals surface area contributed by atoms with Gasteiger partial charge in [-0.05, 0) is 44.1 Å². The Labute approximate surface area is 122 Å². The van der Waals surface area contributed by atoms with Gasteiger partial charge in [-0.2, -0.15) is 11.8 Å². The molecule has 1 aromatic carbocycles. The van der Waals surface area contributed by atoms with Crippen LogP contribution in [0, 0.1) is 0 Å². The van der Waals surface area contributed by atoms with E-state index >= 15 is 0 Å². The molecule has 0 bridgehead atoms. The first-order chi connectivity index (χ1) is 9.20. The second kappa shape index (κ2) is 5.25. The van der Waals surface area contributed by atoms with E-state index in [1.807, 2.05) is 30.0 Å². The van der Waals surface area contributed by atoms with Gasteiger partial charge in [0.2, 0.25) is 5.95 Å². The third kappa shape index (κ3) is 2.32. The van der Waals surface area contributed by atoms with E-state index in [4.69, 9.17) is 17.3 Å². The number of benzene rings is 1. The van der Waals surface area contributed by atoms with E-state index in [-0.39, 0.29) is 0 Å². The number of hydrogen-bond acceptors (Lipinski definition) is 3. The molecule has 0 radical (unpaired) electrons. The second-order valence-electron chi connectivity index (χ2n) is 5.11. The smallest absolute Gasteiger partial charge is 0.201 e. The lowest BCUT2D eigenvalue weighted by Crippen LogP contribution is -2.20. The summed E-state index contributed by atoms with van der Waals surface area (Å²) in [5.41, 5.74) is 8.00. The molecule has 5 heteroatoms. The molecule has 0 amide bonds. The Hall–Kier alpha value is -0.870. The van der Waals surface area contributed by atoms with Crippen LogP contribution in [0.25, 0.3) is 11.0 Å². The van der Waals surface area contributed by atoms with Crippen LogP contribution in [0.4, 0.5) is 5.95 Å². The van der Waals surface area contributed by atoms with Gasteiger partial charge in [0.05, 0.1) is 16.1 Å². The number of nitrogens with zero attached hydrogens (tertiary/aromatic N) is 2. The lowest BCUT2D eigenvalue weighted by atomic mass is 9.94. The van der Waals surface area contributed by atoms with E-state index in [0.29, 0.717) is 12.0 Å². The van der Waals surface area contributed by atoms with Crippen molar-refractivity contribution in [2.24, 2.45) is 0 Å². The first-order valence-electron chi connectivity index (χ1n) is 6.65. The molecule has 1 heterocycles. The maximum Gasteiger partial charge on any atom is 0.201 e. The van der Waals surface area contributed by atoms with Crippen molar-refractivity contribution in [1.82, 2.24) is 9.55 Å². The van der Waals surface area contributed by atoms with Crippen LogP contribution in [0.15, 0.2) is 18.2 Å². The number of imidazole rings is 1. The Bertz CT molecular complexity index is 588. The molecule has 2 aromatic rings. The molecule has 0 aliphatic heterocycles. The van der Waals surface area contributed by atoms with Crippen molar-refractivity contribution in [3.05, 3.63) is 23.2 Å². The van der Waals surface area contributed by atoms with Gasteiger partial charge in [-0.15, -0.1) is 0 Å². The van der Waals surface area contributed by atoms with Crippen molar-refractivity contribution in [1.29, 1.82) is 0 Å². The summed E-state index contributed by atoms with van der Waals surface area (Å²) in [5.74, 6) is 0.593. The molecule has 102 valence electrons. The Balaban J connectivity index is 1.99. The van der Waals surface area contributed by atoms with Crippen molar-refractivity contribution in [2.45, 2.75) is 37.0 Å². The topological polar surface area (TPSA) is 43.8 Å². The van der Waals surface area contributed by atoms with E-state index in [1.54, 1.807) is 0 Å². The van der Waals surface area contributed by atoms with Crippen molar-refractivity contribution in [3.8, 4) is 0 Å². The lowest BCUT2D eigenvalue weighted by Gasteiger charge is -2.29. The van der Waals surface area contributed by atoms with Crippen LogP contribution in [0.1, 0.15) is 31.7 Å². The van der Waals surface area contributed by atoms with Gasteiger partial charge in [0.15, 0.2) is 0 Å². The standard InChI is InChI=1S/C14H18ClN3S/c1-19-10-7-5-9(6-8-10)18-13-11(15)3-2-4-12(13)17-14(18)16/h2-4,9-10H,5-8H2,1H3,(H2,16,17). The van der Waals surface area contributed by atoms with Gasteiger partial charge in [0.1, 0.15) is 0 Å². The van der Waals surface area contributed by atoms with Crippen LogP contribution in [-0.2, 0) is 0 Å². The summed E-state index contributed by atoms with van der Waals surface area (Å²) in [4.78, 5) is 4.44. The number of fused-ring (bicyclic) bond motifs is 1. The Morgan fingerprint density at radius 1 is 1.32 bits per heavy atom. The van der Waals surface area contributed by atoms with Gasteiger partial charge in [0.25, 0.3) is 0 Å². The molecule has 1 aliphatic carbocycles. The van der Waals surface area contributed by atoms with E-state index in [1.165, 1.54) is 12.8 Å². The highest BCUT2D eigenvalue weighted by atomic mass is 35.5. The SMILES string of the molecule is CSC1CCC(n2c(N)nc3cccc(Cl)c32)CC1. The van der Waals surface area contributed by atoms with Crippen molar-refractivity contribution >= 4 is 40.3 Å². The van der Waals surface area contributed by atoms with Crippen LogP contribution < -0.4 is 5.73 Å². The normalized spacial score (nSPS) is 23.9. The average Bonchev–Trinajstić information content (AvgIpc) is 2.76. The molecular weight excluding hydrogens is 278 g/mol. The van der Waals surface area contributed by atoms with Crippen molar-refractivity contribution in [3.63, 3.8) is 0 Å². The third-order valence-corrected chi connectivity index (χ3v) is 5.47. The number of anilines is 1. The first kappa shape index (κ1) is 13.1. The molecule has 3 nitrogen and oxygen atoms in total. The van der Waals surface area contributed by atoms with Gasteiger partial charge in [-0.1, -0.05) is 17.7 Å². The predicted octanol–water partition coefficient (Wildman–Crippen LogP) is 4.12. The fraction of sp³-hybridized carbons (Fsp3) is 0.500. The number of aromatic nitrogens is 2. The van der Waals surface area contributed by atoms with E-state index in [2.05, 4.69) is 15.8 Å². The Morgan fingerprint density at radius 2 is 2.05 bits per heavy atom. The Morgan fingerprint density at radius 3 is 2.74 bits per heavy atom. The van der Waals surface area contributed by atoms with Gasteiger partial charge in [0, 0.05) is 11.3 Å². The number of nitrogens with two attached hydrogens (primary N) is 1. The van der Waals surface area contributed by atoms with Crippen molar-refractivity contribution < 1.29 is 0 Å². The highest BCUT2D eigenvalue weighted by Gasteiger charge is 2.25. The third-order valence-electron chi connectivity index (χ3n) is 4.03. The largest absolute Gasteiger partial charge is 0.369 e. The molecule has 1 fully saturated rings. The van der Waals surface area contributed by atoms with Gasteiger partial charge >= 0.3 is 0 Å². The summed E-state index contributed by atoms with van der Waals surface area (Å²) in [6.07, 6.45) is 7.01. The number of halogens is 1. The molecule has 19 heavy (non-hydrogen) atoms. The summed E-state index contributed by atoms with van der Waals surface area (Å²) in [6.45, 7) is 0. The predicted molar refractivity (Wildman–Crippen MR) is 84.0 cm³/mol. The average molecular weight is 296 g/mol. The van der Waals surface area contributed by atoms with Crippen LogP contribution in [0.5, 0.6) is 0 Å². The van der Waals surface area contributed by atoms with Gasteiger partial charge in [-0.25, -0.2) is 4.98 Å². The summed E-state index contributed by atoms with van der Waals surface area (Å²) < 4.78 is 2.15. The molecule has 1 aliphatic rings. The summed E-state index contributed by atoms with van der Waals surface area (Å²) in [5, 5.41) is 1.54. The second-order valence-corrected chi connectivity index (χ2v) is 6.66.